The lowest BCUT2D eigenvalue weighted by Crippen LogP contribution is -2.29. The largest absolute Gasteiger partial charge is 0.465 e. The molecule has 2 fully saturated rings. The summed E-state index contributed by atoms with van der Waals surface area (Å²) in [6, 6.07) is 25.1. The van der Waals surface area contributed by atoms with Crippen molar-refractivity contribution in [1.29, 1.82) is 0 Å². The van der Waals surface area contributed by atoms with Gasteiger partial charge in [-0.15, -0.1) is 11.3 Å². The molecule has 0 bridgehead atoms. The van der Waals surface area contributed by atoms with E-state index in [-0.39, 0.29) is 67.4 Å². The molecule has 4 aromatic carbocycles. The third-order valence-electron chi connectivity index (χ3n) is 13.4. The summed E-state index contributed by atoms with van der Waals surface area (Å²) in [5, 5.41) is 2.92. The first-order valence-corrected chi connectivity index (χ1v) is 25.9. The number of aliphatic imine (C=N–C) groups is 1. The summed E-state index contributed by atoms with van der Waals surface area (Å²) >= 11 is 1.64. The van der Waals surface area contributed by atoms with Crippen molar-refractivity contribution >= 4 is 97.3 Å². The summed E-state index contributed by atoms with van der Waals surface area (Å²) in [6.45, 7) is 11.7. The molecule has 0 saturated heterocycles. The number of unbranched alkanes of at least 4 members (excludes halogenated alkanes) is 2. The van der Waals surface area contributed by atoms with Gasteiger partial charge in [0.05, 0.1) is 71.3 Å². The minimum Gasteiger partial charge on any atom is -0.465 e. The zero-order valence-electron chi connectivity index (χ0n) is 41.2. The maximum Gasteiger partial charge on any atom is 0.330 e. The molecule has 2 saturated carbocycles. The molecule has 2 heterocycles. The van der Waals surface area contributed by atoms with Crippen LogP contribution in [-0.2, 0) is 47.7 Å². The van der Waals surface area contributed by atoms with Crippen LogP contribution >= 0.6 is 11.3 Å². The highest BCUT2D eigenvalue weighted by molar-refractivity contribution is 7.21. The number of benzene rings is 4. The van der Waals surface area contributed by atoms with E-state index in [1.54, 1.807) is 42.0 Å². The van der Waals surface area contributed by atoms with Gasteiger partial charge >= 0.3 is 35.8 Å². The number of thiazole rings is 1. The van der Waals surface area contributed by atoms with Crippen LogP contribution in [0, 0.1) is 23.7 Å². The fraction of sp³-hybridized carbons (Fsp3) is 0.345. The minimum absolute atomic E-state index is 0.176. The SMILES string of the molecule is C=CC(=O)OCCCCOC(=O)C1CCC(C(=O)Oc2ccc(OC(=O)C3CCC(C(=O)OCCCCOC(=O)C=C)CC3)c(/N=C/c3ccc4c(c3)c3ccc(-c5nc6ccccc6s5)cc3n4C=C)c2)CC1. The number of para-hydroxylation sites is 1. The Balaban J connectivity index is 0.942. The summed E-state index contributed by atoms with van der Waals surface area (Å²) < 4.78 is 36.0. The molecule has 74 heavy (non-hydrogen) atoms. The average molecular weight is 1020 g/mol. The van der Waals surface area contributed by atoms with Gasteiger partial charge < -0.3 is 33.0 Å². The Labute approximate surface area is 432 Å². The zero-order chi connectivity index (χ0) is 52.0. The summed E-state index contributed by atoms with van der Waals surface area (Å²) in [5.41, 5.74) is 4.91. The van der Waals surface area contributed by atoms with Crippen molar-refractivity contribution in [3.05, 3.63) is 116 Å². The Kier molecular flexibility index (Phi) is 18.0. The van der Waals surface area contributed by atoms with Gasteiger partial charge in [0.25, 0.3) is 0 Å². The second-order valence-electron chi connectivity index (χ2n) is 18.4. The fourth-order valence-electron chi connectivity index (χ4n) is 9.34. The van der Waals surface area contributed by atoms with Crippen molar-refractivity contribution in [2.75, 3.05) is 26.4 Å². The van der Waals surface area contributed by atoms with Gasteiger partial charge in [-0.25, -0.2) is 14.6 Å². The first kappa shape index (κ1) is 52.6. The lowest BCUT2D eigenvalue weighted by Gasteiger charge is -2.26. The van der Waals surface area contributed by atoms with Crippen LogP contribution in [0.4, 0.5) is 5.69 Å². The number of aromatic nitrogens is 2. The second kappa shape index (κ2) is 25.3. The predicted molar refractivity (Wildman–Crippen MR) is 283 cm³/mol. The highest BCUT2D eigenvalue weighted by Gasteiger charge is 2.34. The quantitative estimate of drug-likeness (QED) is 0.0156. The monoisotopic (exact) mass is 1020 g/mol. The molecule has 0 N–H and O–H groups in total. The Hall–Kier alpha value is -7.72. The number of ether oxygens (including phenoxy) is 6. The standard InChI is InChI=1S/C58H59N3O12S/c1-4-52(62)68-29-9-11-31-70-55(64)38-16-20-40(21-17-38)57(66)72-43-25-28-50(73-58(67)41-22-18-39(19-23-41)56(65)71-32-12-10-30-69-53(63)5-2)47(35-43)59-36-37-15-27-48-45(33-37)44-26-24-42(34-49(44)61(48)6-3)54-60-46-13-7-8-14-51(46)74-54/h4-8,13-15,24-28,33-36,38-41H,1-3,9-12,16-23,29-32H2/b59-36+. The van der Waals surface area contributed by atoms with Gasteiger partial charge in [-0.2, -0.15) is 0 Å². The maximum atomic E-state index is 13.8. The van der Waals surface area contributed by atoms with Gasteiger partial charge in [-0.3, -0.25) is 24.2 Å². The van der Waals surface area contributed by atoms with E-state index in [2.05, 4.69) is 48.6 Å². The van der Waals surface area contributed by atoms with Crippen LogP contribution in [0.2, 0.25) is 0 Å². The van der Waals surface area contributed by atoms with Crippen molar-refractivity contribution in [1.82, 2.24) is 9.55 Å². The second-order valence-corrected chi connectivity index (χ2v) is 19.4. The van der Waals surface area contributed by atoms with Crippen LogP contribution in [0.3, 0.4) is 0 Å². The molecule has 16 heteroatoms. The predicted octanol–water partition coefficient (Wildman–Crippen LogP) is 11.5. The first-order valence-electron chi connectivity index (χ1n) is 25.1. The molecule has 2 aliphatic carbocycles. The molecule has 0 atom stereocenters. The number of carbonyl (C=O) groups is 6. The Bertz CT molecular complexity index is 3070. The molecule has 0 unspecified atom stereocenters. The molecule has 384 valence electrons. The van der Waals surface area contributed by atoms with E-state index in [4.69, 9.17) is 38.4 Å². The highest BCUT2D eigenvalue weighted by Crippen LogP contribution is 2.39. The number of fused-ring (bicyclic) bond motifs is 4. The van der Waals surface area contributed by atoms with E-state index in [1.807, 2.05) is 36.4 Å². The Morgan fingerprint density at radius 2 is 1.16 bits per heavy atom. The third kappa shape index (κ3) is 13.3. The summed E-state index contributed by atoms with van der Waals surface area (Å²) in [7, 11) is 0. The van der Waals surface area contributed by atoms with Crippen LogP contribution in [0.25, 0.3) is 48.8 Å². The molecule has 8 rings (SSSR count). The normalized spacial score (nSPS) is 17.6. The van der Waals surface area contributed by atoms with Gasteiger partial charge in [0.15, 0.2) is 5.75 Å². The lowest BCUT2D eigenvalue weighted by molar-refractivity contribution is -0.152. The van der Waals surface area contributed by atoms with Crippen molar-refractivity contribution in [3.63, 3.8) is 0 Å². The fourth-order valence-corrected chi connectivity index (χ4v) is 10.3. The van der Waals surface area contributed by atoms with Crippen LogP contribution in [0.15, 0.2) is 116 Å². The molecular weight excluding hydrogens is 963 g/mol. The first-order chi connectivity index (χ1) is 36.0. The van der Waals surface area contributed by atoms with E-state index in [1.165, 1.54) is 0 Å². The lowest BCUT2D eigenvalue weighted by atomic mass is 9.82. The van der Waals surface area contributed by atoms with Gasteiger partial charge in [0.2, 0.25) is 0 Å². The maximum absolute atomic E-state index is 13.8. The minimum atomic E-state index is -0.497. The van der Waals surface area contributed by atoms with E-state index in [0.717, 1.165) is 60.3 Å². The van der Waals surface area contributed by atoms with Gasteiger partial charge in [0, 0.05) is 47.0 Å². The summed E-state index contributed by atoms with van der Waals surface area (Å²) in [5.74, 6) is -3.69. The molecule has 0 spiro atoms. The molecule has 0 amide bonds. The van der Waals surface area contributed by atoms with Crippen molar-refractivity contribution in [2.24, 2.45) is 28.7 Å². The number of esters is 6. The molecule has 6 aromatic rings. The van der Waals surface area contributed by atoms with Crippen molar-refractivity contribution in [3.8, 4) is 22.1 Å². The molecule has 2 aromatic heterocycles. The van der Waals surface area contributed by atoms with Crippen LogP contribution < -0.4 is 9.47 Å². The number of hydrogen-bond donors (Lipinski definition) is 0. The molecule has 15 nitrogen and oxygen atoms in total. The Morgan fingerprint density at radius 1 is 0.595 bits per heavy atom. The van der Waals surface area contributed by atoms with Crippen LogP contribution in [0.5, 0.6) is 11.5 Å². The summed E-state index contributed by atoms with van der Waals surface area (Å²) in [6.07, 6.45) is 11.5. The number of nitrogens with zero attached hydrogens (tertiary/aromatic N) is 3. The van der Waals surface area contributed by atoms with Gasteiger partial charge in [-0.1, -0.05) is 50.1 Å². The number of hydrogen-bond acceptors (Lipinski definition) is 15. The summed E-state index contributed by atoms with van der Waals surface area (Å²) in [4.78, 5) is 85.1. The van der Waals surface area contributed by atoms with E-state index >= 15 is 0 Å². The molecular formula is C58H59N3O12S. The molecule has 2 aliphatic rings. The topological polar surface area (TPSA) is 188 Å². The van der Waals surface area contributed by atoms with E-state index in [0.29, 0.717) is 77.0 Å². The number of rotatable bonds is 22. The zero-order valence-corrected chi connectivity index (χ0v) is 42.0. The van der Waals surface area contributed by atoms with Gasteiger partial charge in [-0.05, 0) is 125 Å². The van der Waals surface area contributed by atoms with Crippen LogP contribution in [0.1, 0.15) is 82.6 Å². The van der Waals surface area contributed by atoms with E-state index < -0.39 is 35.7 Å². The average Bonchev–Trinajstić information content (AvgIpc) is 4.01. The van der Waals surface area contributed by atoms with E-state index in [9.17, 15) is 28.8 Å². The van der Waals surface area contributed by atoms with Gasteiger partial charge in [0.1, 0.15) is 16.4 Å². The molecule has 0 aliphatic heterocycles. The number of carbonyl (C=O) groups excluding carboxylic acids is 6. The Morgan fingerprint density at radius 3 is 1.74 bits per heavy atom. The highest BCUT2D eigenvalue weighted by atomic mass is 32.1. The van der Waals surface area contributed by atoms with Crippen molar-refractivity contribution < 1.29 is 57.2 Å². The smallest absolute Gasteiger partial charge is 0.330 e. The van der Waals surface area contributed by atoms with Crippen LogP contribution in [-0.4, -0.2) is 78.0 Å². The van der Waals surface area contributed by atoms with Crippen molar-refractivity contribution in [2.45, 2.75) is 77.0 Å². The molecule has 0 radical (unpaired) electrons. The third-order valence-corrected chi connectivity index (χ3v) is 14.5.